The molecule has 0 spiro atoms. The number of ether oxygens (including phenoxy) is 1. The molecule has 2 aromatic carbocycles. The first kappa shape index (κ1) is 21.8. The number of unbranched alkanes of at least 4 members (excludes halogenated alkanes) is 1. The molecule has 1 N–H and O–H groups in total. The fourth-order valence-corrected chi connectivity index (χ4v) is 3.73. The predicted molar refractivity (Wildman–Crippen MR) is 126 cm³/mol. The van der Waals surface area contributed by atoms with E-state index in [1.165, 1.54) is 0 Å². The SMILES string of the molecule is CC(NC(=O)c1ccncc1)c1nc2ccccc2n1CCCCOc1ccc(Cl)cc1. The number of amides is 1. The van der Waals surface area contributed by atoms with Gasteiger partial charge in [0.15, 0.2) is 0 Å². The topological polar surface area (TPSA) is 69.0 Å². The van der Waals surface area contributed by atoms with Crippen LogP contribution in [0.3, 0.4) is 0 Å². The minimum absolute atomic E-state index is 0.144. The molecule has 1 unspecified atom stereocenters. The summed E-state index contributed by atoms with van der Waals surface area (Å²) in [6, 6.07) is 18.6. The molecule has 2 aromatic heterocycles. The van der Waals surface area contributed by atoms with Gasteiger partial charge in [0.2, 0.25) is 0 Å². The van der Waals surface area contributed by atoms with Crippen molar-refractivity contribution in [2.45, 2.75) is 32.4 Å². The van der Waals surface area contributed by atoms with Gasteiger partial charge in [0.1, 0.15) is 11.6 Å². The van der Waals surface area contributed by atoms with Crippen molar-refractivity contribution >= 4 is 28.5 Å². The zero-order chi connectivity index (χ0) is 22.3. The second-order valence-corrected chi connectivity index (χ2v) is 7.99. The average molecular weight is 449 g/mol. The molecule has 32 heavy (non-hydrogen) atoms. The number of carbonyl (C=O) groups excluding carboxylic acids is 1. The van der Waals surface area contributed by atoms with Gasteiger partial charge in [0.05, 0.1) is 23.7 Å². The van der Waals surface area contributed by atoms with Gasteiger partial charge in [-0.2, -0.15) is 0 Å². The predicted octanol–water partition coefficient (Wildman–Crippen LogP) is 5.43. The van der Waals surface area contributed by atoms with E-state index in [0.717, 1.165) is 42.0 Å². The standard InChI is InChI=1S/C25H25ClN4O2/c1-18(28-25(31)19-12-14-27-15-13-19)24-29-22-6-2-3-7-23(22)30(24)16-4-5-17-32-21-10-8-20(26)9-11-21/h2-3,6-15,18H,4-5,16-17H2,1H3,(H,28,31). The third-order valence-corrected chi connectivity index (χ3v) is 5.47. The van der Waals surface area contributed by atoms with Crippen LogP contribution in [0.15, 0.2) is 73.1 Å². The summed E-state index contributed by atoms with van der Waals surface area (Å²) in [5.74, 6) is 1.51. The van der Waals surface area contributed by atoms with Gasteiger partial charge >= 0.3 is 0 Å². The number of para-hydroxylation sites is 2. The number of nitrogens with one attached hydrogen (secondary N) is 1. The lowest BCUT2D eigenvalue weighted by atomic mass is 10.2. The van der Waals surface area contributed by atoms with Crippen molar-refractivity contribution in [2.75, 3.05) is 6.61 Å². The van der Waals surface area contributed by atoms with Crippen LogP contribution in [0.5, 0.6) is 5.75 Å². The molecule has 0 aliphatic heterocycles. The van der Waals surface area contributed by atoms with Gasteiger partial charge in [-0.1, -0.05) is 23.7 Å². The number of nitrogens with zero attached hydrogens (tertiary/aromatic N) is 3. The van der Waals surface area contributed by atoms with Crippen LogP contribution in [-0.2, 0) is 6.54 Å². The summed E-state index contributed by atoms with van der Waals surface area (Å²) in [5.41, 5.74) is 2.56. The van der Waals surface area contributed by atoms with E-state index in [4.69, 9.17) is 21.3 Å². The molecule has 0 radical (unpaired) electrons. The molecule has 7 heteroatoms. The molecular weight excluding hydrogens is 424 g/mol. The largest absolute Gasteiger partial charge is 0.494 e. The maximum absolute atomic E-state index is 12.6. The number of rotatable bonds is 9. The molecule has 0 aliphatic rings. The Bertz CT molecular complexity index is 1180. The molecule has 0 fully saturated rings. The van der Waals surface area contributed by atoms with Crippen molar-refractivity contribution in [1.29, 1.82) is 0 Å². The summed E-state index contributed by atoms with van der Waals surface area (Å²) in [6.45, 7) is 3.37. The Kier molecular flexibility index (Phi) is 7.02. The van der Waals surface area contributed by atoms with Gasteiger partial charge in [0, 0.05) is 29.5 Å². The normalized spacial score (nSPS) is 11.9. The lowest BCUT2D eigenvalue weighted by Crippen LogP contribution is -2.28. The number of halogens is 1. The van der Waals surface area contributed by atoms with Gasteiger partial charge in [-0.15, -0.1) is 0 Å². The molecule has 164 valence electrons. The summed E-state index contributed by atoms with van der Waals surface area (Å²) >= 11 is 5.91. The van der Waals surface area contributed by atoms with Crippen LogP contribution in [0.2, 0.25) is 5.02 Å². The quantitative estimate of drug-likeness (QED) is 0.346. The Hall–Kier alpha value is -3.38. The Morgan fingerprint density at radius 2 is 1.81 bits per heavy atom. The number of aryl methyl sites for hydroxylation is 1. The summed E-state index contributed by atoms with van der Waals surface area (Å²) in [6.07, 6.45) is 5.04. The van der Waals surface area contributed by atoms with Crippen molar-refractivity contribution in [2.24, 2.45) is 0 Å². The third kappa shape index (κ3) is 5.26. The number of pyridine rings is 1. The molecule has 2 heterocycles. The van der Waals surface area contributed by atoms with Crippen LogP contribution in [0.1, 0.15) is 42.0 Å². The molecule has 0 saturated carbocycles. The maximum atomic E-state index is 12.6. The van der Waals surface area contributed by atoms with Gasteiger partial charge < -0.3 is 14.6 Å². The van der Waals surface area contributed by atoms with Gasteiger partial charge in [-0.05, 0) is 68.3 Å². The van der Waals surface area contributed by atoms with Gasteiger partial charge in [-0.3, -0.25) is 9.78 Å². The lowest BCUT2D eigenvalue weighted by Gasteiger charge is -2.16. The minimum atomic E-state index is -0.242. The molecule has 0 saturated heterocycles. The molecule has 4 aromatic rings. The Labute approximate surface area is 192 Å². The Balaban J connectivity index is 1.41. The highest BCUT2D eigenvalue weighted by Gasteiger charge is 2.19. The second-order valence-electron chi connectivity index (χ2n) is 7.55. The average Bonchev–Trinajstić information content (AvgIpc) is 3.19. The smallest absolute Gasteiger partial charge is 0.251 e. The highest BCUT2D eigenvalue weighted by atomic mass is 35.5. The number of benzene rings is 2. The lowest BCUT2D eigenvalue weighted by molar-refractivity contribution is 0.0937. The number of hydrogen-bond acceptors (Lipinski definition) is 4. The molecule has 6 nitrogen and oxygen atoms in total. The molecule has 0 bridgehead atoms. The molecular formula is C25H25ClN4O2. The maximum Gasteiger partial charge on any atom is 0.251 e. The van der Waals surface area contributed by atoms with E-state index >= 15 is 0 Å². The van der Waals surface area contributed by atoms with E-state index in [1.54, 1.807) is 24.5 Å². The van der Waals surface area contributed by atoms with E-state index in [-0.39, 0.29) is 11.9 Å². The summed E-state index contributed by atoms with van der Waals surface area (Å²) in [5, 5.41) is 3.75. The highest BCUT2D eigenvalue weighted by molar-refractivity contribution is 6.30. The van der Waals surface area contributed by atoms with Crippen LogP contribution in [-0.4, -0.2) is 27.0 Å². The number of imidazole rings is 1. The van der Waals surface area contributed by atoms with Crippen LogP contribution in [0, 0.1) is 0 Å². The summed E-state index contributed by atoms with van der Waals surface area (Å²) in [7, 11) is 0. The number of carbonyl (C=O) groups is 1. The molecule has 0 aliphatic carbocycles. The zero-order valence-electron chi connectivity index (χ0n) is 17.9. The van der Waals surface area contributed by atoms with Crippen LogP contribution in [0.4, 0.5) is 0 Å². The fraction of sp³-hybridized carbons (Fsp3) is 0.240. The number of hydrogen-bond donors (Lipinski definition) is 1. The first-order valence-electron chi connectivity index (χ1n) is 10.7. The second kappa shape index (κ2) is 10.3. The van der Waals surface area contributed by atoms with E-state index in [1.807, 2.05) is 49.4 Å². The van der Waals surface area contributed by atoms with E-state index in [9.17, 15) is 4.79 Å². The molecule has 4 rings (SSSR count). The Morgan fingerprint density at radius 1 is 1.06 bits per heavy atom. The van der Waals surface area contributed by atoms with E-state index in [0.29, 0.717) is 17.2 Å². The van der Waals surface area contributed by atoms with Gasteiger partial charge in [-0.25, -0.2) is 4.98 Å². The van der Waals surface area contributed by atoms with Crippen molar-refractivity contribution in [3.63, 3.8) is 0 Å². The third-order valence-electron chi connectivity index (χ3n) is 5.22. The fourth-order valence-electron chi connectivity index (χ4n) is 3.60. The number of aromatic nitrogens is 3. The van der Waals surface area contributed by atoms with E-state index < -0.39 is 0 Å². The monoisotopic (exact) mass is 448 g/mol. The summed E-state index contributed by atoms with van der Waals surface area (Å²) < 4.78 is 7.99. The van der Waals surface area contributed by atoms with Crippen LogP contribution < -0.4 is 10.1 Å². The van der Waals surface area contributed by atoms with Crippen LogP contribution in [0.25, 0.3) is 11.0 Å². The van der Waals surface area contributed by atoms with Crippen molar-refractivity contribution in [1.82, 2.24) is 19.9 Å². The van der Waals surface area contributed by atoms with Crippen molar-refractivity contribution in [3.8, 4) is 5.75 Å². The van der Waals surface area contributed by atoms with Gasteiger partial charge in [0.25, 0.3) is 5.91 Å². The first-order valence-corrected chi connectivity index (χ1v) is 11.0. The molecule has 1 atom stereocenters. The Morgan fingerprint density at radius 3 is 2.59 bits per heavy atom. The highest BCUT2D eigenvalue weighted by Crippen LogP contribution is 2.22. The number of fused-ring (bicyclic) bond motifs is 1. The van der Waals surface area contributed by atoms with E-state index in [2.05, 4.69) is 20.9 Å². The van der Waals surface area contributed by atoms with Crippen LogP contribution >= 0.6 is 11.6 Å². The summed E-state index contributed by atoms with van der Waals surface area (Å²) in [4.78, 5) is 21.4. The zero-order valence-corrected chi connectivity index (χ0v) is 18.6. The van der Waals surface area contributed by atoms with Crippen molar-refractivity contribution < 1.29 is 9.53 Å². The minimum Gasteiger partial charge on any atom is -0.494 e. The van der Waals surface area contributed by atoms with Crippen molar-refractivity contribution in [3.05, 3.63) is 89.5 Å². The molecule has 1 amide bonds. The first-order chi connectivity index (χ1) is 15.6.